The van der Waals surface area contributed by atoms with E-state index in [0.29, 0.717) is 16.5 Å². The number of nitrogens with one attached hydrogen (secondary N) is 1. The van der Waals surface area contributed by atoms with Gasteiger partial charge in [-0.1, -0.05) is 51.8 Å². The van der Waals surface area contributed by atoms with Crippen LogP contribution in [0.1, 0.15) is 15.9 Å². The van der Waals surface area contributed by atoms with Crippen LogP contribution < -0.4 is 10.2 Å². The number of halogens is 2. The number of azo groups is 1. The molecule has 0 aliphatic heterocycles. The first-order chi connectivity index (χ1) is 17.7. The number of rotatable bonds is 6. The van der Waals surface area contributed by atoms with Gasteiger partial charge in [-0.3, -0.25) is 9.59 Å². The van der Waals surface area contributed by atoms with E-state index in [4.69, 9.17) is 11.6 Å². The summed E-state index contributed by atoms with van der Waals surface area (Å²) in [7, 11) is 5.52. The van der Waals surface area contributed by atoms with Crippen molar-refractivity contribution < 1.29 is 14.7 Å². The molecule has 1 aromatic heterocycles. The van der Waals surface area contributed by atoms with E-state index < -0.39 is 11.8 Å². The quantitative estimate of drug-likeness (QED) is 0.202. The molecule has 3 aromatic carbocycles. The Balaban J connectivity index is 1.71. The van der Waals surface area contributed by atoms with Crippen LogP contribution in [0, 0.1) is 0 Å². The number of carbonyl (C=O) groups is 2. The number of aromatic nitrogens is 1. The average Bonchev–Trinajstić information content (AvgIpc) is 3.11. The molecule has 188 valence electrons. The molecule has 4 rings (SSSR count). The molecule has 0 bridgehead atoms. The third kappa shape index (κ3) is 5.73. The molecule has 0 radical (unpaired) electrons. The van der Waals surface area contributed by atoms with Crippen molar-refractivity contribution in [1.29, 1.82) is 0 Å². The van der Waals surface area contributed by atoms with E-state index in [9.17, 15) is 14.7 Å². The zero-order valence-electron chi connectivity index (χ0n) is 20.2. The molecule has 1 heterocycles. The first-order valence-electron chi connectivity index (χ1n) is 11.1. The van der Waals surface area contributed by atoms with Crippen molar-refractivity contribution in [2.75, 3.05) is 19.0 Å². The first-order valence-corrected chi connectivity index (χ1v) is 12.3. The van der Waals surface area contributed by atoms with E-state index in [1.165, 1.54) is 6.08 Å². The average molecular weight is 581 g/mol. The molecule has 37 heavy (non-hydrogen) atoms. The van der Waals surface area contributed by atoms with E-state index in [0.717, 1.165) is 10.2 Å². The second-order valence-corrected chi connectivity index (χ2v) is 9.70. The minimum atomic E-state index is -0.802. The Hall–Kier alpha value is -3.95. The predicted octanol–water partition coefficient (Wildman–Crippen LogP) is 6.45. The number of anilines is 1. The van der Waals surface area contributed by atoms with Crippen LogP contribution in [-0.4, -0.2) is 35.6 Å². The van der Waals surface area contributed by atoms with Crippen molar-refractivity contribution in [2.45, 2.75) is 0 Å². The number of nitrogens with zero attached hydrogens (tertiary/aromatic N) is 4. The lowest BCUT2D eigenvalue weighted by molar-refractivity contribution is -0.115. The highest BCUT2D eigenvalue weighted by molar-refractivity contribution is 9.10. The summed E-state index contributed by atoms with van der Waals surface area (Å²) in [4.78, 5) is 28.1. The molecule has 0 atom stereocenters. The van der Waals surface area contributed by atoms with Gasteiger partial charge in [-0.25, -0.2) is 0 Å². The molecule has 8 nitrogen and oxygen atoms in total. The number of benzene rings is 3. The number of hydrogen-bond donors (Lipinski definition) is 2. The lowest BCUT2D eigenvalue weighted by atomic mass is 10.1. The van der Waals surface area contributed by atoms with Crippen molar-refractivity contribution in [1.82, 2.24) is 9.88 Å². The molecule has 4 aromatic rings. The van der Waals surface area contributed by atoms with Crippen molar-refractivity contribution in [2.24, 2.45) is 17.3 Å². The number of carbonyl (C=O) groups excluding carboxylic acids is 2. The number of fused-ring (bicyclic) bond motifs is 1. The summed E-state index contributed by atoms with van der Waals surface area (Å²) in [6, 6.07) is 19.3. The monoisotopic (exact) mass is 579 g/mol. The van der Waals surface area contributed by atoms with Crippen molar-refractivity contribution >= 4 is 67.7 Å². The minimum Gasteiger partial charge on any atom is -0.493 e. The summed E-state index contributed by atoms with van der Waals surface area (Å²) in [5.41, 5.74) is 2.60. The highest BCUT2D eigenvalue weighted by Gasteiger charge is 2.19. The Bertz CT molecular complexity index is 1560. The second-order valence-electron chi connectivity index (χ2n) is 8.38. The Kier molecular flexibility index (Phi) is 7.75. The van der Waals surface area contributed by atoms with Gasteiger partial charge in [0.15, 0.2) is 5.69 Å². The SMILES string of the molecule is CN(C)c1ccc(/C=C(/NC(=O)c2ccccc2Cl)C(=O)N=Nc2c(O)n(C)c3ccc(Br)cc23)cc1. The molecule has 0 saturated heterocycles. The van der Waals surface area contributed by atoms with E-state index in [1.54, 1.807) is 41.9 Å². The lowest BCUT2D eigenvalue weighted by Gasteiger charge is -2.12. The summed E-state index contributed by atoms with van der Waals surface area (Å²) in [6.45, 7) is 0. The largest absolute Gasteiger partial charge is 0.493 e. The number of aryl methyl sites for hydroxylation is 1. The van der Waals surface area contributed by atoms with Crippen molar-refractivity contribution in [3.05, 3.63) is 93.0 Å². The molecule has 0 fully saturated rings. The third-order valence-electron chi connectivity index (χ3n) is 5.66. The molecule has 2 N–H and O–H groups in total. The molecule has 0 aliphatic rings. The van der Waals surface area contributed by atoms with Gasteiger partial charge >= 0.3 is 5.91 Å². The van der Waals surface area contributed by atoms with Crippen molar-refractivity contribution in [3.8, 4) is 5.88 Å². The summed E-state index contributed by atoms with van der Waals surface area (Å²) in [5, 5.41) is 21.9. The van der Waals surface area contributed by atoms with Gasteiger partial charge in [-0.2, -0.15) is 0 Å². The van der Waals surface area contributed by atoms with Crippen LogP contribution >= 0.6 is 27.5 Å². The molecule has 0 aliphatic carbocycles. The fourth-order valence-electron chi connectivity index (χ4n) is 3.65. The van der Waals surface area contributed by atoms with Gasteiger partial charge in [0.05, 0.1) is 16.1 Å². The van der Waals surface area contributed by atoms with Gasteiger partial charge in [0.1, 0.15) is 5.70 Å². The number of aromatic hydroxyl groups is 1. The van der Waals surface area contributed by atoms with E-state index in [-0.39, 0.29) is 27.9 Å². The van der Waals surface area contributed by atoms with Crippen LogP contribution in [0.5, 0.6) is 5.88 Å². The Labute approximate surface area is 227 Å². The molecule has 0 spiro atoms. The molecule has 0 unspecified atom stereocenters. The maximum Gasteiger partial charge on any atom is 0.311 e. The fraction of sp³-hybridized carbons (Fsp3) is 0.111. The highest BCUT2D eigenvalue weighted by atomic mass is 79.9. The maximum absolute atomic E-state index is 13.2. The number of hydrogen-bond acceptors (Lipinski definition) is 5. The standard InChI is InChI=1S/C27H23BrClN5O3/c1-33(2)18-11-8-16(9-12-18)14-22(30-25(35)19-6-4-5-7-21(19)29)26(36)32-31-24-20-15-17(28)10-13-23(20)34(3)27(24)37/h4-15,37H,1-3H3,(H,30,35)/b22-14+,32-31?. The molecule has 0 saturated carbocycles. The zero-order chi connectivity index (χ0) is 26.7. The number of amides is 2. The Morgan fingerprint density at radius 2 is 1.78 bits per heavy atom. The van der Waals surface area contributed by atoms with Crippen LogP contribution in [-0.2, 0) is 11.8 Å². The van der Waals surface area contributed by atoms with Crippen molar-refractivity contribution in [3.63, 3.8) is 0 Å². The smallest absolute Gasteiger partial charge is 0.311 e. The van der Waals surface area contributed by atoms with Gasteiger partial charge in [0, 0.05) is 36.7 Å². The van der Waals surface area contributed by atoms with Gasteiger partial charge < -0.3 is 19.9 Å². The maximum atomic E-state index is 13.2. The Morgan fingerprint density at radius 3 is 2.46 bits per heavy atom. The third-order valence-corrected chi connectivity index (χ3v) is 6.49. The van der Waals surface area contributed by atoms with Gasteiger partial charge in [-0.05, 0) is 54.1 Å². The summed E-state index contributed by atoms with van der Waals surface area (Å²) in [5.74, 6) is -1.51. The van der Waals surface area contributed by atoms with Crippen LogP contribution in [0.25, 0.3) is 17.0 Å². The normalized spacial score (nSPS) is 11.8. The van der Waals surface area contributed by atoms with E-state index >= 15 is 0 Å². The molecule has 2 amide bonds. The molecular formula is C27H23BrClN5O3. The molecule has 10 heteroatoms. The lowest BCUT2D eigenvalue weighted by Crippen LogP contribution is -2.26. The van der Waals surface area contributed by atoms with Crippen LogP contribution in [0.4, 0.5) is 11.4 Å². The zero-order valence-corrected chi connectivity index (χ0v) is 22.6. The summed E-state index contributed by atoms with van der Waals surface area (Å²) < 4.78 is 2.32. The van der Waals surface area contributed by atoms with E-state index in [1.807, 2.05) is 55.4 Å². The van der Waals surface area contributed by atoms with Gasteiger partial charge in [0.2, 0.25) is 5.88 Å². The van der Waals surface area contributed by atoms with Gasteiger partial charge in [0.25, 0.3) is 5.91 Å². The van der Waals surface area contributed by atoms with Crippen LogP contribution in [0.3, 0.4) is 0 Å². The van der Waals surface area contributed by atoms with Crippen LogP contribution in [0.15, 0.2) is 87.1 Å². The first kappa shape index (κ1) is 26.1. The van der Waals surface area contributed by atoms with Gasteiger partial charge in [-0.15, -0.1) is 10.2 Å². The molecular weight excluding hydrogens is 558 g/mol. The Morgan fingerprint density at radius 1 is 1.08 bits per heavy atom. The summed E-state index contributed by atoms with van der Waals surface area (Å²) >= 11 is 9.58. The van der Waals surface area contributed by atoms with E-state index in [2.05, 4.69) is 31.5 Å². The second kappa shape index (κ2) is 11.0. The topological polar surface area (TPSA) is 99.3 Å². The van der Waals surface area contributed by atoms with Crippen LogP contribution in [0.2, 0.25) is 5.02 Å². The highest BCUT2D eigenvalue weighted by Crippen LogP contribution is 2.39. The fourth-order valence-corrected chi connectivity index (χ4v) is 4.24. The summed E-state index contributed by atoms with van der Waals surface area (Å²) in [6.07, 6.45) is 1.51. The predicted molar refractivity (Wildman–Crippen MR) is 149 cm³/mol. The minimum absolute atomic E-state index is 0.104.